The van der Waals surface area contributed by atoms with Gasteiger partial charge in [0.25, 0.3) is 18.1 Å². The average molecular weight is 400 g/mol. The van der Waals surface area contributed by atoms with Crippen LogP contribution in [0, 0.1) is 19.8 Å². The Kier molecular flexibility index (Phi) is 4.97. The molecule has 0 aliphatic carbocycles. The van der Waals surface area contributed by atoms with Gasteiger partial charge in [0.2, 0.25) is 0 Å². The van der Waals surface area contributed by atoms with Crippen LogP contribution in [-0.2, 0) is 0 Å². The highest BCUT2D eigenvalue weighted by molar-refractivity contribution is 5.94. The van der Waals surface area contributed by atoms with Gasteiger partial charge in [-0.3, -0.25) is 9.78 Å². The zero-order valence-corrected chi connectivity index (χ0v) is 16.5. The van der Waals surface area contributed by atoms with Gasteiger partial charge in [0.05, 0.1) is 5.69 Å². The Balaban J connectivity index is 1.69. The number of amides is 1. The molecule has 152 valence electrons. The van der Waals surface area contributed by atoms with Gasteiger partial charge in [-0.25, -0.2) is 18.3 Å². The summed E-state index contributed by atoms with van der Waals surface area (Å²) < 4.78 is 28.2. The summed E-state index contributed by atoms with van der Waals surface area (Å²) in [5.74, 6) is 0.115. The van der Waals surface area contributed by atoms with Crippen LogP contribution in [0.5, 0.6) is 0 Å². The number of halogens is 2. The Hall–Kier alpha value is -2.97. The van der Waals surface area contributed by atoms with E-state index in [9.17, 15) is 13.6 Å². The lowest BCUT2D eigenvalue weighted by atomic mass is 9.84. The summed E-state index contributed by atoms with van der Waals surface area (Å²) in [5, 5.41) is 4.17. The highest BCUT2D eigenvalue weighted by atomic mass is 19.3. The molecular formula is C20H22F2N6O. The quantitative estimate of drug-likeness (QED) is 0.674. The molecule has 0 saturated carbocycles. The number of aryl methyl sites for hydroxylation is 2. The van der Waals surface area contributed by atoms with Crippen LogP contribution in [0.4, 0.5) is 8.78 Å². The Bertz CT molecular complexity index is 1050. The molecule has 0 radical (unpaired) electrons. The van der Waals surface area contributed by atoms with Gasteiger partial charge < -0.3 is 4.90 Å². The van der Waals surface area contributed by atoms with E-state index in [0.29, 0.717) is 24.3 Å². The van der Waals surface area contributed by atoms with Crippen molar-refractivity contribution in [2.75, 3.05) is 13.1 Å². The summed E-state index contributed by atoms with van der Waals surface area (Å²) in [6.07, 6.45) is -0.628. The number of pyridine rings is 1. The first kappa shape index (κ1) is 19.4. The first-order valence-corrected chi connectivity index (χ1v) is 9.56. The van der Waals surface area contributed by atoms with Gasteiger partial charge >= 0.3 is 0 Å². The van der Waals surface area contributed by atoms with E-state index in [1.807, 2.05) is 13.8 Å². The van der Waals surface area contributed by atoms with Crippen molar-refractivity contribution < 1.29 is 13.6 Å². The molecule has 1 aliphatic heterocycles. The summed E-state index contributed by atoms with van der Waals surface area (Å²) in [6, 6.07) is 4.95. The number of carbonyl (C=O) groups is 1. The summed E-state index contributed by atoms with van der Waals surface area (Å²) >= 11 is 0. The molecule has 0 N–H and O–H groups in total. The molecule has 29 heavy (non-hydrogen) atoms. The predicted molar refractivity (Wildman–Crippen MR) is 102 cm³/mol. The van der Waals surface area contributed by atoms with Crippen molar-refractivity contribution in [3.05, 3.63) is 52.9 Å². The molecule has 1 aliphatic rings. The molecule has 0 bridgehead atoms. The van der Waals surface area contributed by atoms with Crippen LogP contribution in [0.15, 0.2) is 24.5 Å². The third-order valence-electron chi connectivity index (χ3n) is 5.48. The van der Waals surface area contributed by atoms with Crippen LogP contribution in [0.25, 0.3) is 5.78 Å². The zero-order valence-electron chi connectivity index (χ0n) is 16.5. The van der Waals surface area contributed by atoms with Crippen molar-refractivity contribution in [1.29, 1.82) is 0 Å². The largest absolute Gasteiger partial charge is 0.338 e. The summed E-state index contributed by atoms with van der Waals surface area (Å²) in [6.45, 7) is 6.81. The van der Waals surface area contributed by atoms with Crippen molar-refractivity contribution in [2.45, 2.75) is 39.5 Å². The second-order valence-corrected chi connectivity index (χ2v) is 7.64. The standard InChI is InChI=1S/C20H22F2N6O/c1-11-4-5-27(19(29)14-6-12(2)25-13(3)7-14)9-15(11)17-8-16(18(21)22)26-20-23-10-24-28(17)20/h6-8,10-11,15,18H,4-5,9H2,1-3H3. The van der Waals surface area contributed by atoms with Crippen molar-refractivity contribution in [3.8, 4) is 0 Å². The highest BCUT2D eigenvalue weighted by Crippen LogP contribution is 2.34. The Labute approximate surface area is 166 Å². The third-order valence-corrected chi connectivity index (χ3v) is 5.48. The van der Waals surface area contributed by atoms with Gasteiger partial charge in [0.1, 0.15) is 12.0 Å². The number of alkyl halides is 2. The van der Waals surface area contributed by atoms with Crippen LogP contribution >= 0.6 is 0 Å². The maximum absolute atomic E-state index is 13.4. The molecule has 4 rings (SSSR count). The van der Waals surface area contributed by atoms with E-state index in [2.05, 4.69) is 27.0 Å². The number of likely N-dealkylation sites (tertiary alicyclic amines) is 1. The minimum atomic E-state index is -2.70. The molecule has 1 amide bonds. The molecule has 0 spiro atoms. The normalized spacial score (nSPS) is 19.9. The van der Waals surface area contributed by atoms with Crippen LogP contribution in [0.3, 0.4) is 0 Å². The number of aromatic nitrogens is 5. The molecule has 1 saturated heterocycles. The fourth-order valence-corrected chi connectivity index (χ4v) is 4.01. The molecule has 4 heterocycles. The average Bonchev–Trinajstić information content (AvgIpc) is 3.15. The van der Waals surface area contributed by atoms with Gasteiger partial charge in [-0.2, -0.15) is 10.1 Å². The third kappa shape index (κ3) is 3.68. The van der Waals surface area contributed by atoms with Gasteiger partial charge in [-0.05, 0) is 44.4 Å². The fourth-order valence-electron chi connectivity index (χ4n) is 4.01. The Morgan fingerprint density at radius 2 is 1.90 bits per heavy atom. The summed E-state index contributed by atoms with van der Waals surface area (Å²) in [4.78, 5) is 27.1. The SMILES string of the molecule is Cc1cc(C(=O)N2CCC(C)C(c3cc(C(F)F)nc4ncnn34)C2)cc(C)n1. The smallest absolute Gasteiger partial charge is 0.280 e. The minimum absolute atomic E-state index is 0.0755. The molecule has 3 aromatic heterocycles. The molecule has 3 aromatic rings. The molecule has 0 aromatic carbocycles. The second kappa shape index (κ2) is 7.46. The van der Waals surface area contributed by atoms with E-state index < -0.39 is 6.43 Å². The van der Waals surface area contributed by atoms with Gasteiger partial charge in [0.15, 0.2) is 0 Å². The minimum Gasteiger partial charge on any atom is -0.338 e. The highest BCUT2D eigenvalue weighted by Gasteiger charge is 2.33. The number of hydrogen-bond donors (Lipinski definition) is 0. The number of hydrogen-bond acceptors (Lipinski definition) is 5. The lowest BCUT2D eigenvalue weighted by Gasteiger charge is -2.37. The Morgan fingerprint density at radius 1 is 1.17 bits per heavy atom. The number of nitrogens with zero attached hydrogens (tertiary/aromatic N) is 6. The summed E-state index contributed by atoms with van der Waals surface area (Å²) in [7, 11) is 0. The molecule has 2 unspecified atom stereocenters. The fraction of sp³-hybridized carbons (Fsp3) is 0.450. The van der Waals surface area contributed by atoms with Gasteiger partial charge in [-0.15, -0.1) is 0 Å². The van der Waals surface area contributed by atoms with Gasteiger partial charge in [0, 0.05) is 36.0 Å². The topological polar surface area (TPSA) is 76.3 Å². The molecule has 2 atom stereocenters. The number of carbonyl (C=O) groups excluding carboxylic acids is 1. The lowest BCUT2D eigenvalue weighted by molar-refractivity contribution is 0.0665. The van der Waals surface area contributed by atoms with E-state index >= 15 is 0 Å². The molecular weight excluding hydrogens is 378 g/mol. The number of rotatable bonds is 3. The van der Waals surface area contributed by atoms with Crippen molar-refractivity contribution in [1.82, 2.24) is 29.5 Å². The molecule has 7 nitrogen and oxygen atoms in total. The maximum Gasteiger partial charge on any atom is 0.280 e. The number of fused-ring (bicyclic) bond motifs is 1. The van der Waals surface area contributed by atoms with Crippen LogP contribution in [-0.4, -0.2) is 48.5 Å². The van der Waals surface area contributed by atoms with E-state index in [0.717, 1.165) is 17.8 Å². The monoisotopic (exact) mass is 400 g/mol. The lowest BCUT2D eigenvalue weighted by Crippen LogP contribution is -2.42. The van der Waals surface area contributed by atoms with Crippen LogP contribution in [0.2, 0.25) is 0 Å². The van der Waals surface area contributed by atoms with Crippen molar-refractivity contribution >= 4 is 11.7 Å². The first-order chi connectivity index (χ1) is 13.8. The van der Waals surface area contributed by atoms with Crippen LogP contribution in [0.1, 0.15) is 58.8 Å². The molecule has 1 fully saturated rings. The molecule has 9 heteroatoms. The maximum atomic E-state index is 13.4. The second-order valence-electron chi connectivity index (χ2n) is 7.64. The first-order valence-electron chi connectivity index (χ1n) is 9.56. The predicted octanol–water partition coefficient (Wildman–Crippen LogP) is 3.34. The summed E-state index contributed by atoms with van der Waals surface area (Å²) in [5.41, 5.74) is 2.45. The Morgan fingerprint density at radius 3 is 2.59 bits per heavy atom. The van der Waals surface area contributed by atoms with Crippen LogP contribution < -0.4 is 0 Å². The number of piperidine rings is 1. The van der Waals surface area contributed by atoms with Crippen molar-refractivity contribution in [2.24, 2.45) is 5.92 Å². The van der Waals surface area contributed by atoms with Gasteiger partial charge in [-0.1, -0.05) is 6.92 Å². The van der Waals surface area contributed by atoms with E-state index in [4.69, 9.17) is 0 Å². The van der Waals surface area contributed by atoms with E-state index in [-0.39, 0.29) is 29.2 Å². The van der Waals surface area contributed by atoms with E-state index in [1.165, 1.54) is 16.9 Å². The van der Waals surface area contributed by atoms with E-state index in [1.54, 1.807) is 17.0 Å². The zero-order chi connectivity index (χ0) is 20.7. The van der Waals surface area contributed by atoms with Crippen molar-refractivity contribution in [3.63, 3.8) is 0 Å².